The van der Waals surface area contributed by atoms with E-state index in [0.717, 1.165) is 31.9 Å². The van der Waals surface area contributed by atoms with Crippen LogP contribution in [0.3, 0.4) is 0 Å². The lowest BCUT2D eigenvalue weighted by atomic mass is 9.97. The van der Waals surface area contributed by atoms with E-state index < -0.39 is 0 Å². The third kappa shape index (κ3) is 2.39. The standard InChI is InChI=1S/C18H13BrO/c1-12-4-2-3-5-17(12)18(20)15-7-6-14-11-16(19)9-8-13(14)10-15/h2-11H,1H3. The second-order valence-corrected chi connectivity index (χ2v) is 5.77. The van der Waals surface area contributed by atoms with Gasteiger partial charge in [0.05, 0.1) is 0 Å². The van der Waals surface area contributed by atoms with Crippen LogP contribution in [0.5, 0.6) is 0 Å². The molecule has 0 aliphatic rings. The zero-order chi connectivity index (χ0) is 14.1. The van der Waals surface area contributed by atoms with Gasteiger partial charge in [-0.1, -0.05) is 58.4 Å². The highest BCUT2D eigenvalue weighted by Crippen LogP contribution is 2.22. The number of ketones is 1. The Morgan fingerprint density at radius 3 is 2.40 bits per heavy atom. The molecule has 2 heteroatoms. The van der Waals surface area contributed by atoms with Gasteiger partial charge in [0.25, 0.3) is 0 Å². The molecule has 0 fully saturated rings. The molecule has 0 aliphatic carbocycles. The largest absolute Gasteiger partial charge is 0.289 e. The first-order valence-corrected chi connectivity index (χ1v) is 7.24. The van der Waals surface area contributed by atoms with Gasteiger partial charge in [-0.2, -0.15) is 0 Å². The molecule has 3 aromatic rings. The van der Waals surface area contributed by atoms with E-state index in [1.54, 1.807) is 0 Å². The molecular weight excluding hydrogens is 312 g/mol. The van der Waals surface area contributed by atoms with Crippen LogP contribution in [-0.4, -0.2) is 5.78 Å². The summed E-state index contributed by atoms with van der Waals surface area (Å²) in [6, 6.07) is 19.6. The summed E-state index contributed by atoms with van der Waals surface area (Å²) in [6.45, 7) is 1.96. The first-order chi connectivity index (χ1) is 9.65. The van der Waals surface area contributed by atoms with Crippen molar-refractivity contribution in [1.82, 2.24) is 0 Å². The molecule has 0 bridgehead atoms. The van der Waals surface area contributed by atoms with Gasteiger partial charge in [0.15, 0.2) is 5.78 Å². The molecule has 0 atom stereocenters. The summed E-state index contributed by atoms with van der Waals surface area (Å²) in [5.74, 6) is 0.0768. The molecule has 0 N–H and O–H groups in total. The second kappa shape index (κ2) is 5.22. The number of hydrogen-bond acceptors (Lipinski definition) is 1. The van der Waals surface area contributed by atoms with Crippen LogP contribution in [0.1, 0.15) is 21.5 Å². The maximum atomic E-state index is 12.6. The van der Waals surface area contributed by atoms with E-state index in [1.807, 2.05) is 61.5 Å². The Morgan fingerprint density at radius 2 is 1.60 bits per heavy atom. The van der Waals surface area contributed by atoms with E-state index in [0.29, 0.717) is 0 Å². The lowest BCUT2D eigenvalue weighted by molar-refractivity contribution is 0.103. The molecule has 1 nitrogen and oxygen atoms in total. The Balaban J connectivity index is 2.09. The van der Waals surface area contributed by atoms with Gasteiger partial charge < -0.3 is 0 Å². The van der Waals surface area contributed by atoms with Crippen molar-refractivity contribution in [2.24, 2.45) is 0 Å². The quantitative estimate of drug-likeness (QED) is 0.596. The average molecular weight is 325 g/mol. The van der Waals surface area contributed by atoms with Crippen LogP contribution in [0.15, 0.2) is 65.1 Å². The van der Waals surface area contributed by atoms with Gasteiger partial charge in [0.2, 0.25) is 0 Å². The molecule has 3 aromatic carbocycles. The van der Waals surface area contributed by atoms with Crippen molar-refractivity contribution >= 4 is 32.5 Å². The summed E-state index contributed by atoms with van der Waals surface area (Å²) in [5, 5.41) is 2.20. The topological polar surface area (TPSA) is 17.1 Å². The highest BCUT2D eigenvalue weighted by molar-refractivity contribution is 9.10. The number of carbonyl (C=O) groups excluding carboxylic acids is 1. The van der Waals surface area contributed by atoms with Gasteiger partial charge in [-0.15, -0.1) is 0 Å². The molecule has 0 radical (unpaired) electrons. The van der Waals surface area contributed by atoms with Crippen molar-refractivity contribution in [2.45, 2.75) is 6.92 Å². The summed E-state index contributed by atoms with van der Waals surface area (Å²) < 4.78 is 1.04. The predicted molar refractivity (Wildman–Crippen MR) is 86.3 cm³/mol. The molecule has 0 heterocycles. The summed E-state index contributed by atoms with van der Waals surface area (Å²) in [6.07, 6.45) is 0. The average Bonchev–Trinajstić information content (AvgIpc) is 2.46. The van der Waals surface area contributed by atoms with Crippen LogP contribution in [0.4, 0.5) is 0 Å². The highest BCUT2D eigenvalue weighted by Gasteiger charge is 2.11. The molecule has 0 saturated carbocycles. The van der Waals surface area contributed by atoms with Gasteiger partial charge in [0.1, 0.15) is 0 Å². The molecule has 0 unspecified atom stereocenters. The van der Waals surface area contributed by atoms with E-state index in [1.165, 1.54) is 0 Å². The molecule has 0 amide bonds. The summed E-state index contributed by atoms with van der Waals surface area (Å²) in [4.78, 5) is 12.6. The molecule has 3 rings (SSSR count). The van der Waals surface area contributed by atoms with Gasteiger partial charge in [-0.05, 0) is 41.5 Å². The Morgan fingerprint density at radius 1 is 0.900 bits per heavy atom. The van der Waals surface area contributed by atoms with Gasteiger partial charge in [0, 0.05) is 15.6 Å². The number of halogens is 1. The maximum absolute atomic E-state index is 12.6. The smallest absolute Gasteiger partial charge is 0.193 e. The second-order valence-electron chi connectivity index (χ2n) is 4.85. The van der Waals surface area contributed by atoms with Crippen molar-refractivity contribution in [3.8, 4) is 0 Å². The zero-order valence-electron chi connectivity index (χ0n) is 11.1. The maximum Gasteiger partial charge on any atom is 0.193 e. The van der Waals surface area contributed by atoms with Crippen LogP contribution >= 0.6 is 15.9 Å². The predicted octanol–water partition coefficient (Wildman–Crippen LogP) is 5.14. The normalized spacial score (nSPS) is 10.7. The lowest BCUT2D eigenvalue weighted by Crippen LogP contribution is -2.03. The minimum atomic E-state index is 0.0768. The zero-order valence-corrected chi connectivity index (χ0v) is 12.6. The van der Waals surface area contributed by atoms with Crippen LogP contribution in [-0.2, 0) is 0 Å². The minimum absolute atomic E-state index is 0.0768. The third-order valence-corrected chi connectivity index (χ3v) is 3.95. The fourth-order valence-electron chi connectivity index (χ4n) is 2.34. The van der Waals surface area contributed by atoms with Crippen LogP contribution in [0.25, 0.3) is 10.8 Å². The number of rotatable bonds is 2. The third-order valence-electron chi connectivity index (χ3n) is 3.45. The van der Waals surface area contributed by atoms with Crippen LogP contribution in [0, 0.1) is 6.92 Å². The molecule has 98 valence electrons. The molecule has 0 aliphatic heterocycles. The van der Waals surface area contributed by atoms with E-state index in [4.69, 9.17) is 0 Å². The Hall–Kier alpha value is -1.93. The van der Waals surface area contributed by atoms with E-state index in [9.17, 15) is 4.79 Å². The molecule has 0 aromatic heterocycles. The van der Waals surface area contributed by atoms with Crippen LogP contribution in [0.2, 0.25) is 0 Å². The van der Waals surface area contributed by atoms with Crippen molar-refractivity contribution in [3.05, 3.63) is 81.8 Å². The number of carbonyl (C=O) groups is 1. The van der Waals surface area contributed by atoms with Crippen molar-refractivity contribution in [2.75, 3.05) is 0 Å². The van der Waals surface area contributed by atoms with E-state index in [2.05, 4.69) is 22.0 Å². The monoisotopic (exact) mass is 324 g/mol. The Bertz CT molecular complexity index is 805. The van der Waals surface area contributed by atoms with E-state index >= 15 is 0 Å². The number of benzene rings is 3. The SMILES string of the molecule is Cc1ccccc1C(=O)c1ccc2cc(Br)ccc2c1. The molecular formula is C18H13BrO. The molecule has 0 saturated heterocycles. The van der Waals surface area contributed by atoms with Crippen molar-refractivity contribution in [3.63, 3.8) is 0 Å². The van der Waals surface area contributed by atoms with Crippen molar-refractivity contribution in [1.29, 1.82) is 0 Å². The number of hydrogen-bond donors (Lipinski definition) is 0. The van der Waals surface area contributed by atoms with Crippen LogP contribution < -0.4 is 0 Å². The Kier molecular flexibility index (Phi) is 3.41. The minimum Gasteiger partial charge on any atom is -0.289 e. The fourth-order valence-corrected chi connectivity index (χ4v) is 2.72. The van der Waals surface area contributed by atoms with Gasteiger partial charge >= 0.3 is 0 Å². The fraction of sp³-hybridized carbons (Fsp3) is 0.0556. The molecule has 20 heavy (non-hydrogen) atoms. The molecule has 0 spiro atoms. The van der Waals surface area contributed by atoms with Crippen molar-refractivity contribution < 1.29 is 4.79 Å². The summed E-state index contributed by atoms with van der Waals surface area (Å²) in [7, 11) is 0. The first-order valence-electron chi connectivity index (χ1n) is 6.45. The lowest BCUT2D eigenvalue weighted by Gasteiger charge is -2.06. The first kappa shape index (κ1) is 13.1. The summed E-state index contributed by atoms with van der Waals surface area (Å²) >= 11 is 3.46. The van der Waals surface area contributed by atoms with E-state index in [-0.39, 0.29) is 5.78 Å². The Labute approximate surface area is 126 Å². The summed E-state index contributed by atoms with van der Waals surface area (Å²) in [5.41, 5.74) is 2.51. The number of fused-ring (bicyclic) bond motifs is 1. The number of aryl methyl sites for hydroxylation is 1. The van der Waals surface area contributed by atoms with Gasteiger partial charge in [-0.3, -0.25) is 4.79 Å². The van der Waals surface area contributed by atoms with Gasteiger partial charge in [-0.25, -0.2) is 0 Å². The highest BCUT2D eigenvalue weighted by atomic mass is 79.9.